The first-order valence-electron chi connectivity index (χ1n) is 4.04. The van der Waals surface area contributed by atoms with Crippen molar-refractivity contribution < 1.29 is 9.90 Å². The first-order chi connectivity index (χ1) is 6.59. The fourth-order valence-corrected chi connectivity index (χ4v) is 0.802. The van der Waals surface area contributed by atoms with Crippen molar-refractivity contribution in [2.75, 3.05) is 11.9 Å². The summed E-state index contributed by atoms with van der Waals surface area (Å²) in [4.78, 5) is 17.9. The minimum Gasteiger partial charge on any atom is -0.475 e. The molecule has 0 aliphatic heterocycles. The Hall–Kier alpha value is -1.91. The third-order valence-electron chi connectivity index (χ3n) is 1.42. The van der Waals surface area contributed by atoms with Crippen LogP contribution in [0, 0.1) is 0 Å². The lowest BCUT2D eigenvalue weighted by Gasteiger charge is -2.04. The zero-order chi connectivity index (χ0) is 10.6. The molecule has 5 nitrogen and oxygen atoms in total. The van der Waals surface area contributed by atoms with Crippen LogP contribution in [0.5, 0.6) is 0 Å². The van der Waals surface area contributed by atoms with Crippen molar-refractivity contribution in [2.24, 2.45) is 0 Å². The molecule has 0 saturated heterocycles. The summed E-state index contributed by atoms with van der Waals surface area (Å²) in [6, 6.07) is 1.61. The van der Waals surface area contributed by atoms with E-state index in [4.69, 9.17) is 5.11 Å². The lowest BCUT2D eigenvalue weighted by molar-refractivity contribution is 0.0683. The summed E-state index contributed by atoms with van der Waals surface area (Å²) in [5.74, 6) is -0.860. The van der Waals surface area contributed by atoms with Gasteiger partial charge >= 0.3 is 5.97 Å². The van der Waals surface area contributed by atoms with Gasteiger partial charge in [-0.1, -0.05) is 12.2 Å². The van der Waals surface area contributed by atoms with Crippen molar-refractivity contribution in [3.05, 3.63) is 30.2 Å². The largest absolute Gasteiger partial charge is 0.475 e. The highest BCUT2D eigenvalue weighted by Gasteiger charge is 2.06. The maximum atomic E-state index is 10.5. The number of rotatable bonds is 4. The zero-order valence-electron chi connectivity index (χ0n) is 7.82. The highest BCUT2D eigenvalue weighted by Crippen LogP contribution is 2.02. The van der Waals surface area contributed by atoms with E-state index in [1.807, 2.05) is 6.92 Å². The molecule has 14 heavy (non-hydrogen) atoms. The Morgan fingerprint density at radius 3 is 3.00 bits per heavy atom. The molecule has 0 aliphatic carbocycles. The standard InChI is InChI=1S/C9H11N3O2/c1-6(2)5-11-7-3-4-10-8(12-7)9(13)14/h3-4H,1,5H2,2H3,(H,13,14)(H,10,11,12). The smallest absolute Gasteiger partial charge is 0.374 e. The fraction of sp³-hybridized carbons (Fsp3) is 0.222. The molecular formula is C9H11N3O2. The molecule has 2 N–H and O–H groups in total. The van der Waals surface area contributed by atoms with Crippen molar-refractivity contribution >= 4 is 11.8 Å². The van der Waals surface area contributed by atoms with E-state index in [-0.39, 0.29) is 5.82 Å². The molecule has 1 rings (SSSR count). The van der Waals surface area contributed by atoms with Gasteiger partial charge in [-0.3, -0.25) is 0 Å². The van der Waals surface area contributed by atoms with Crippen molar-refractivity contribution in [1.82, 2.24) is 9.97 Å². The molecule has 0 fully saturated rings. The number of aromatic nitrogens is 2. The van der Waals surface area contributed by atoms with E-state index in [1.165, 1.54) is 6.20 Å². The summed E-state index contributed by atoms with van der Waals surface area (Å²) >= 11 is 0. The SMILES string of the molecule is C=C(C)CNc1ccnc(C(=O)O)n1. The number of carbonyl (C=O) groups is 1. The van der Waals surface area contributed by atoms with E-state index in [0.717, 1.165) is 5.57 Å². The topological polar surface area (TPSA) is 75.1 Å². The number of carboxylic acid groups (broad SMARTS) is 1. The van der Waals surface area contributed by atoms with Crippen LogP contribution in [-0.2, 0) is 0 Å². The molecule has 0 saturated carbocycles. The predicted molar refractivity (Wildman–Crippen MR) is 52.3 cm³/mol. The van der Waals surface area contributed by atoms with Crippen LogP contribution in [0.3, 0.4) is 0 Å². The molecule has 5 heteroatoms. The Morgan fingerprint density at radius 2 is 2.43 bits per heavy atom. The maximum absolute atomic E-state index is 10.5. The predicted octanol–water partition coefficient (Wildman–Crippen LogP) is 1.16. The molecule has 1 heterocycles. The number of nitrogens with zero attached hydrogens (tertiary/aromatic N) is 2. The molecule has 0 spiro atoms. The van der Waals surface area contributed by atoms with Crippen molar-refractivity contribution in [1.29, 1.82) is 0 Å². The molecule has 0 aliphatic rings. The minimum absolute atomic E-state index is 0.211. The van der Waals surface area contributed by atoms with Gasteiger partial charge in [0, 0.05) is 12.7 Å². The molecule has 0 amide bonds. The summed E-state index contributed by atoms with van der Waals surface area (Å²) in [5, 5.41) is 11.5. The van der Waals surface area contributed by atoms with Crippen LogP contribution in [0.1, 0.15) is 17.5 Å². The van der Waals surface area contributed by atoms with Gasteiger partial charge in [-0.05, 0) is 13.0 Å². The third-order valence-corrected chi connectivity index (χ3v) is 1.42. The van der Waals surface area contributed by atoms with Gasteiger partial charge in [0.25, 0.3) is 0 Å². The van der Waals surface area contributed by atoms with Gasteiger partial charge in [-0.2, -0.15) is 0 Å². The van der Waals surface area contributed by atoms with Crippen LogP contribution in [0.2, 0.25) is 0 Å². The van der Waals surface area contributed by atoms with Gasteiger partial charge in [-0.25, -0.2) is 14.8 Å². The minimum atomic E-state index is -1.14. The molecule has 1 aromatic heterocycles. The lowest BCUT2D eigenvalue weighted by Crippen LogP contribution is -2.09. The summed E-state index contributed by atoms with van der Waals surface area (Å²) in [7, 11) is 0. The summed E-state index contributed by atoms with van der Waals surface area (Å²) in [6.07, 6.45) is 1.40. The summed E-state index contributed by atoms with van der Waals surface area (Å²) in [5.41, 5.74) is 0.945. The number of hydrogen-bond donors (Lipinski definition) is 2. The first-order valence-corrected chi connectivity index (χ1v) is 4.04. The van der Waals surface area contributed by atoms with Crippen LogP contribution in [0.25, 0.3) is 0 Å². The second-order valence-electron chi connectivity index (χ2n) is 2.88. The highest BCUT2D eigenvalue weighted by molar-refractivity contribution is 5.83. The summed E-state index contributed by atoms with van der Waals surface area (Å²) < 4.78 is 0. The van der Waals surface area contributed by atoms with Crippen molar-refractivity contribution in [2.45, 2.75) is 6.92 Å². The molecule has 0 bridgehead atoms. The zero-order valence-corrected chi connectivity index (χ0v) is 7.82. The van der Waals surface area contributed by atoms with E-state index < -0.39 is 5.97 Å². The number of carboxylic acids is 1. The number of nitrogens with one attached hydrogen (secondary N) is 1. The molecule has 0 aromatic carbocycles. The molecule has 74 valence electrons. The van der Waals surface area contributed by atoms with Crippen LogP contribution in [0.4, 0.5) is 5.82 Å². The molecule has 0 unspecified atom stereocenters. The van der Waals surface area contributed by atoms with E-state index in [0.29, 0.717) is 12.4 Å². The second-order valence-corrected chi connectivity index (χ2v) is 2.88. The Bertz CT molecular complexity index is 363. The Labute approximate surface area is 81.5 Å². The normalized spacial score (nSPS) is 9.50. The van der Waals surface area contributed by atoms with Gasteiger partial charge in [0.1, 0.15) is 5.82 Å². The average molecular weight is 193 g/mol. The Balaban J connectivity index is 2.73. The molecule has 1 aromatic rings. The van der Waals surface area contributed by atoms with Crippen LogP contribution in [0.15, 0.2) is 24.4 Å². The van der Waals surface area contributed by atoms with Crippen LogP contribution < -0.4 is 5.32 Å². The lowest BCUT2D eigenvalue weighted by atomic mass is 10.3. The fourth-order valence-electron chi connectivity index (χ4n) is 0.802. The van der Waals surface area contributed by atoms with Gasteiger partial charge in [-0.15, -0.1) is 0 Å². The van der Waals surface area contributed by atoms with Crippen molar-refractivity contribution in [3.8, 4) is 0 Å². The monoisotopic (exact) mass is 193 g/mol. The quantitative estimate of drug-likeness (QED) is 0.702. The van der Waals surface area contributed by atoms with Crippen molar-refractivity contribution in [3.63, 3.8) is 0 Å². The van der Waals surface area contributed by atoms with Gasteiger partial charge in [0.15, 0.2) is 0 Å². The Morgan fingerprint density at radius 1 is 1.71 bits per heavy atom. The maximum Gasteiger partial charge on any atom is 0.374 e. The first kappa shape index (κ1) is 10.2. The number of hydrogen-bond acceptors (Lipinski definition) is 4. The Kier molecular flexibility index (Phi) is 3.17. The number of anilines is 1. The van der Waals surface area contributed by atoms with E-state index in [2.05, 4.69) is 21.9 Å². The molecule has 0 atom stereocenters. The van der Waals surface area contributed by atoms with Crippen LogP contribution in [-0.4, -0.2) is 27.6 Å². The third kappa shape index (κ3) is 2.85. The van der Waals surface area contributed by atoms with E-state index >= 15 is 0 Å². The van der Waals surface area contributed by atoms with Gasteiger partial charge in [0.05, 0.1) is 0 Å². The summed E-state index contributed by atoms with van der Waals surface area (Å²) in [6.45, 7) is 6.14. The van der Waals surface area contributed by atoms with Gasteiger partial charge in [0.2, 0.25) is 5.82 Å². The van der Waals surface area contributed by atoms with Crippen LogP contribution >= 0.6 is 0 Å². The number of aromatic carboxylic acids is 1. The van der Waals surface area contributed by atoms with E-state index in [1.54, 1.807) is 6.07 Å². The van der Waals surface area contributed by atoms with E-state index in [9.17, 15) is 4.79 Å². The second kappa shape index (κ2) is 4.36. The molecule has 0 radical (unpaired) electrons. The highest BCUT2D eigenvalue weighted by atomic mass is 16.4. The molecular weight excluding hydrogens is 182 g/mol. The average Bonchev–Trinajstić information content (AvgIpc) is 2.15. The van der Waals surface area contributed by atoms with Gasteiger partial charge < -0.3 is 10.4 Å².